The summed E-state index contributed by atoms with van der Waals surface area (Å²) >= 11 is 3.45. The number of hydrogen-bond acceptors (Lipinski definition) is 5. The average molecular weight is 494 g/mol. The molecule has 2 aliphatic rings. The normalized spacial score (nSPS) is 25.9. The van der Waals surface area contributed by atoms with E-state index in [4.69, 9.17) is 4.74 Å². The van der Waals surface area contributed by atoms with Gasteiger partial charge in [-0.15, -0.1) is 0 Å². The summed E-state index contributed by atoms with van der Waals surface area (Å²) in [5.74, 6) is 0.748. The van der Waals surface area contributed by atoms with Crippen LogP contribution in [0.2, 0.25) is 0 Å². The van der Waals surface area contributed by atoms with Crippen molar-refractivity contribution in [3.8, 4) is 11.3 Å². The number of hydrogen-bond donors (Lipinski definition) is 3. The van der Waals surface area contributed by atoms with Gasteiger partial charge in [0.15, 0.2) is 6.04 Å². The second kappa shape index (κ2) is 8.99. The summed E-state index contributed by atoms with van der Waals surface area (Å²) in [6.45, 7) is 5.01. The van der Waals surface area contributed by atoms with Crippen molar-refractivity contribution < 1.29 is 24.6 Å². The number of H-pyrrole nitrogens is 1. The highest BCUT2D eigenvalue weighted by Crippen LogP contribution is 2.42. The van der Waals surface area contributed by atoms with Gasteiger partial charge in [-0.3, -0.25) is 0 Å². The molecule has 0 bridgehead atoms. The first-order valence-corrected chi connectivity index (χ1v) is 11.6. The Morgan fingerprint density at radius 2 is 1.94 bits per heavy atom. The fourth-order valence-corrected chi connectivity index (χ4v) is 5.27. The van der Waals surface area contributed by atoms with Crippen molar-refractivity contribution in [3.05, 3.63) is 40.8 Å². The van der Waals surface area contributed by atoms with Crippen LogP contribution in [0.5, 0.6) is 0 Å². The number of benzene rings is 1. The minimum atomic E-state index is -1.25. The standard InChI is InChI=1S/C22H29BrN4O4/c1-14-3-8-20(21-24-13-19(25-21)17-4-6-18(23)7-5-17)26(14)27(30,22(28)29)15(2)16-9-11-31-12-10-16/h4-7,13-16,20,30H,3,8-12H2,1-2H3,(H-,24,25,28,29)/p+1/t14-,15?,20-,27?/m0/s1. The molecule has 2 unspecified atom stereocenters. The first-order chi connectivity index (χ1) is 14.8. The van der Waals surface area contributed by atoms with E-state index >= 15 is 0 Å². The van der Waals surface area contributed by atoms with Crippen LogP contribution in [0.15, 0.2) is 34.9 Å². The molecule has 0 saturated carbocycles. The Kier molecular flexibility index (Phi) is 6.50. The molecule has 1 aromatic carbocycles. The van der Waals surface area contributed by atoms with Gasteiger partial charge in [0.2, 0.25) is 0 Å². The van der Waals surface area contributed by atoms with Crippen molar-refractivity contribution in [2.24, 2.45) is 5.92 Å². The molecular formula is C22H30BrN4O4+. The van der Waals surface area contributed by atoms with Crippen LogP contribution in [0.1, 0.15) is 51.4 Å². The van der Waals surface area contributed by atoms with Gasteiger partial charge in [0.1, 0.15) is 11.9 Å². The monoisotopic (exact) mass is 493 g/mol. The minimum Gasteiger partial charge on any atom is -0.432 e. The molecule has 2 fully saturated rings. The maximum Gasteiger partial charge on any atom is 0.568 e. The van der Waals surface area contributed by atoms with E-state index in [0.29, 0.717) is 19.0 Å². The smallest absolute Gasteiger partial charge is 0.432 e. The number of nitrogens with one attached hydrogen (secondary N) is 1. The fraction of sp³-hybridized carbons (Fsp3) is 0.545. The molecule has 0 aliphatic carbocycles. The zero-order valence-corrected chi connectivity index (χ0v) is 19.5. The summed E-state index contributed by atoms with van der Waals surface area (Å²) in [6, 6.07) is 7.01. The van der Waals surface area contributed by atoms with Gasteiger partial charge in [-0.1, -0.05) is 33.1 Å². The van der Waals surface area contributed by atoms with Gasteiger partial charge in [0, 0.05) is 23.6 Å². The predicted molar refractivity (Wildman–Crippen MR) is 118 cm³/mol. The molecule has 2 aliphatic heterocycles. The van der Waals surface area contributed by atoms with Crippen LogP contribution in [0.4, 0.5) is 4.79 Å². The van der Waals surface area contributed by atoms with E-state index in [1.54, 1.807) is 11.2 Å². The Morgan fingerprint density at radius 3 is 2.58 bits per heavy atom. The van der Waals surface area contributed by atoms with Crippen molar-refractivity contribution in [1.82, 2.24) is 15.0 Å². The van der Waals surface area contributed by atoms with Crippen molar-refractivity contribution >= 4 is 22.0 Å². The molecule has 4 rings (SSSR count). The lowest BCUT2D eigenvalue weighted by Crippen LogP contribution is -2.68. The summed E-state index contributed by atoms with van der Waals surface area (Å²) in [4.78, 5) is 20.4. The largest absolute Gasteiger partial charge is 0.568 e. The topological polar surface area (TPSA) is 98.7 Å². The van der Waals surface area contributed by atoms with Gasteiger partial charge in [-0.2, -0.15) is 10.0 Å². The molecule has 9 heteroatoms. The van der Waals surface area contributed by atoms with Crippen molar-refractivity contribution in [1.29, 1.82) is 0 Å². The highest BCUT2D eigenvalue weighted by molar-refractivity contribution is 9.10. The number of ether oxygens (including phenoxy) is 1. The van der Waals surface area contributed by atoms with Crippen LogP contribution in [0.3, 0.4) is 0 Å². The SMILES string of the molecule is CC(C1CCOCC1)[N+](O)(C(=O)O)N1[C@@H](C)CC[C@H]1c1ncc(-c2ccc(Br)cc2)[nH]1. The second-order valence-electron chi connectivity index (χ2n) is 8.63. The Morgan fingerprint density at radius 1 is 1.26 bits per heavy atom. The summed E-state index contributed by atoms with van der Waals surface area (Å²) < 4.78 is 5.32. The number of rotatable bonds is 5. The van der Waals surface area contributed by atoms with Crippen LogP contribution in [0, 0.1) is 5.92 Å². The van der Waals surface area contributed by atoms with Gasteiger partial charge in [0.25, 0.3) is 0 Å². The van der Waals surface area contributed by atoms with Gasteiger partial charge < -0.3 is 14.8 Å². The molecule has 1 aromatic heterocycles. The van der Waals surface area contributed by atoms with Crippen LogP contribution < -0.4 is 0 Å². The summed E-state index contributed by atoms with van der Waals surface area (Å²) in [7, 11) is 0. The lowest BCUT2D eigenvalue weighted by molar-refractivity contribution is -1.15. The third-order valence-corrected chi connectivity index (χ3v) is 7.37. The van der Waals surface area contributed by atoms with E-state index in [2.05, 4.69) is 25.9 Å². The summed E-state index contributed by atoms with van der Waals surface area (Å²) in [5.41, 5.74) is 1.86. The molecule has 0 radical (unpaired) electrons. The predicted octanol–water partition coefficient (Wildman–Crippen LogP) is 4.98. The Labute approximate surface area is 190 Å². The van der Waals surface area contributed by atoms with E-state index in [9.17, 15) is 15.1 Å². The minimum absolute atomic E-state index is 0.0678. The van der Waals surface area contributed by atoms with E-state index in [-0.39, 0.29) is 18.0 Å². The maximum atomic E-state index is 12.5. The van der Waals surface area contributed by atoms with Gasteiger partial charge in [-0.25, -0.2) is 4.98 Å². The Hall–Kier alpha value is -1.78. The number of aromatic amines is 1. The molecule has 168 valence electrons. The van der Waals surface area contributed by atoms with E-state index in [1.807, 2.05) is 38.1 Å². The fourth-order valence-electron chi connectivity index (χ4n) is 5.00. The lowest BCUT2D eigenvalue weighted by Gasteiger charge is -2.43. The quantitative estimate of drug-likeness (QED) is 0.308. The molecule has 8 nitrogen and oxygen atoms in total. The Balaban J connectivity index is 1.65. The average Bonchev–Trinajstić information content (AvgIpc) is 3.40. The van der Waals surface area contributed by atoms with E-state index in [1.165, 1.54) is 0 Å². The molecule has 0 spiro atoms. The molecule has 1 amide bonds. The molecule has 2 saturated heterocycles. The van der Waals surface area contributed by atoms with Crippen molar-refractivity contribution in [2.45, 2.75) is 57.7 Å². The molecular weight excluding hydrogens is 464 g/mol. The summed E-state index contributed by atoms with van der Waals surface area (Å²) in [6.07, 6.45) is 3.52. The van der Waals surface area contributed by atoms with E-state index in [0.717, 1.165) is 41.4 Å². The van der Waals surface area contributed by atoms with Crippen LogP contribution in [-0.2, 0) is 4.74 Å². The third kappa shape index (κ3) is 4.17. The van der Waals surface area contributed by atoms with Crippen LogP contribution in [0.25, 0.3) is 11.3 Å². The molecule has 31 heavy (non-hydrogen) atoms. The first-order valence-electron chi connectivity index (χ1n) is 10.8. The lowest BCUT2D eigenvalue weighted by atomic mass is 9.92. The number of carbonyl (C=O) groups is 1. The van der Waals surface area contributed by atoms with Gasteiger partial charge in [-0.05, 0) is 62.0 Å². The summed E-state index contributed by atoms with van der Waals surface area (Å²) in [5, 5.41) is 23.6. The number of aromatic nitrogens is 2. The molecule has 3 N–H and O–H groups in total. The number of nitrogens with zero attached hydrogens (tertiary/aromatic N) is 3. The number of amides is 1. The van der Waals surface area contributed by atoms with Gasteiger partial charge in [0.05, 0.1) is 17.9 Å². The molecule has 3 heterocycles. The Bertz CT molecular complexity index is 914. The van der Waals surface area contributed by atoms with Crippen molar-refractivity contribution in [3.63, 3.8) is 0 Å². The number of halogens is 1. The van der Waals surface area contributed by atoms with Crippen molar-refractivity contribution in [2.75, 3.05) is 13.2 Å². The first kappa shape index (κ1) is 22.4. The number of carboxylic acid groups (broad SMARTS) is 1. The number of imidazole rings is 1. The molecule has 2 aromatic rings. The highest BCUT2D eigenvalue weighted by atomic mass is 79.9. The number of hydroxylamine groups is 2. The molecule has 4 atom stereocenters. The van der Waals surface area contributed by atoms with E-state index < -0.39 is 16.9 Å². The van der Waals surface area contributed by atoms with Crippen LogP contribution >= 0.6 is 15.9 Å². The number of quaternary nitrogens is 1. The highest BCUT2D eigenvalue weighted by Gasteiger charge is 2.58. The zero-order valence-electron chi connectivity index (χ0n) is 17.9. The zero-order chi connectivity index (χ0) is 22.2. The maximum absolute atomic E-state index is 12.5. The third-order valence-electron chi connectivity index (χ3n) is 6.84. The second-order valence-corrected chi connectivity index (χ2v) is 9.55. The van der Waals surface area contributed by atoms with Crippen LogP contribution in [-0.4, -0.2) is 61.4 Å². The van der Waals surface area contributed by atoms with Gasteiger partial charge >= 0.3 is 6.09 Å².